The Balaban J connectivity index is 1.50. The molecule has 144 valence electrons. The lowest BCUT2D eigenvalue weighted by Gasteiger charge is -2.20. The van der Waals surface area contributed by atoms with Crippen molar-refractivity contribution >= 4 is 40.3 Å². The topological polar surface area (TPSA) is 94.7 Å². The summed E-state index contributed by atoms with van der Waals surface area (Å²) in [6.45, 7) is 1.20. The van der Waals surface area contributed by atoms with Crippen LogP contribution in [-0.2, 0) is 41.8 Å². The number of nitrogens with one attached hydrogen (secondary N) is 2. The molecule has 0 aromatic heterocycles. The molecule has 4 N–H and O–H groups in total. The molecule has 0 saturated carbocycles. The molecule has 27 heavy (non-hydrogen) atoms. The van der Waals surface area contributed by atoms with Crippen molar-refractivity contribution in [3.63, 3.8) is 0 Å². The molecule has 1 atom stereocenters. The summed E-state index contributed by atoms with van der Waals surface area (Å²) in [6, 6.07) is 2.37. The van der Waals surface area contributed by atoms with E-state index in [1.807, 2.05) is 0 Å². The minimum absolute atomic E-state index is 0.322. The second-order valence-electron chi connectivity index (χ2n) is 6.98. The number of thiocarbonyl (C=S) groups is 1. The normalized spacial score (nSPS) is 19.6. The molecule has 6 nitrogen and oxygen atoms in total. The highest BCUT2D eigenvalue weighted by Gasteiger charge is 2.28. The lowest BCUT2D eigenvalue weighted by atomic mass is 9.99. The van der Waals surface area contributed by atoms with E-state index in [9.17, 15) is 4.55 Å². The van der Waals surface area contributed by atoms with Crippen molar-refractivity contribution in [2.24, 2.45) is 10.7 Å². The minimum Gasteiger partial charge on any atom is -0.588 e. The Morgan fingerprint density at radius 2 is 1.89 bits per heavy atom. The van der Waals surface area contributed by atoms with Crippen molar-refractivity contribution in [1.82, 2.24) is 4.72 Å². The Kier molecular flexibility index (Phi) is 5.56. The summed E-state index contributed by atoms with van der Waals surface area (Å²) in [5.74, 6) is 0.332. The molecule has 0 spiro atoms. The zero-order chi connectivity index (χ0) is 18.8. The lowest BCUT2D eigenvalue weighted by molar-refractivity contribution is 0.284. The zero-order valence-corrected chi connectivity index (χ0v) is 16.8. The summed E-state index contributed by atoms with van der Waals surface area (Å²) >= 11 is 3.83. The number of hydrogen-bond donors (Lipinski definition) is 3. The van der Waals surface area contributed by atoms with Gasteiger partial charge in [0.25, 0.3) is 10.8 Å². The average Bonchev–Trinajstić information content (AvgIpc) is 3.32. The van der Waals surface area contributed by atoms with E-state index >= 15 is 0 Å². The summed E-state index contributed by atoms with van der Waals surface area (Å²) < 4.78 is 21.0. The molecule has 1 aromatic rings. The van der Waals surface area contributed by atoms with Gasteiger partial charge in [0.2, 0.25) is 5.11 Å². The fraction of sp³-hybridized carbons (Fsp3) is 0.474. The maximum atomic E-state index is 12.7. The van der Waals surface area contributed by atoms with E-state index in [0.29, 0.717) is 29.1 Å². The van der Waals surface area contributed by atoms with Crippen LogP contribution < -0.4 is 15.8 Å². The number of nitrogens with zero attached hydrogens (tertiary/aromatic N) is 1. The molecule has 0 bridgehead atoms. The maximum absolute atomic E-state index is 12.7. The first-order valence-electron chi connectivity index (χ1n) is 9.43. The number of aryl methyl sites for hydroxylation is 2. The first kappa shape index (κ1) is 18.6. The van der Waals surface area contributed by atoms with Gasteiger partial charge in [-0.15, -0.1) is 0 Å². The molecule has 4 rings (SSSR count). The molecule has 0 fully saturated rings. The smallest absolute Gasteiger partial charge is 0.270 e. The van der Waals surface area contributed by atoms with Crippen LogP contribution in [0.1, 0.15) is 41.5 Å². The van der Waals surface area contributed by atoms with E-state index in [1.165, 1.54) is 41.3 Å². The van der Waals surface area contributed by atoms with Gasteiger partial charge >= 0.3 is 0 Å². The molecule has 1 aliphatic heterocycles. The Morgan fingerprint density at radius 3 is 2.48 bits per heavy atom. The van der Waals surface area contributed by atoms with Gasteiger partial charge in [0, 0.05) is 18.7 Å². The first-order valence-corrected chi connectivity index (χ1v) is 11.0. The van der Waals surface area contributed by atoms with E-state index < -0.39 is 11.4 Å². The van der Waals surface area contributed by atoms with Gasteiger partial charge in [-0.3, -0.25) is 0 Å². The number of ether oxygens (including phenoxy) is 1. The summed E-state index contributed by atoms with van der Waals surface area (Å²) in [6.07, 6.45) is 8.86. The van der Waals surface area contributed by atoms with Gasteiger partial charge in [-0.2, -0.15) is 4.72 Å². The molecule has 2 aliphatic carbocycles. The monoisotopic (exact) mass is 404 g/mol. The predicted molar refractivity (Wildman–Crippen MR) is 113 cm³/mol. The number of fused-ring (bicyclic) bond motifs is 2. The Labute approximate surface area is 168 Å². The highest BCUT2D eigenvalue weighted by Crippen LogP contribution is 2.38. The second-order valence-corrected chi connectivity index (χ2v) is 8.57. The van der Waals surface area contributed by atoms with Crippen molar-refractivity contribution in [3.8, 4) is 0 Å². The summed E-state index contributed by atoms with van der Waals surface area (Å²) in [5, 5.41) is 3.67. The standard InChI is InChI=1S/C19H24N4O2S2/c20-11-16(18-21-8-3-9-25-18)27(24)23-19(26)22-17-14-6-1-4-12(14)10-13-5-2-7-15(13)17/h10-11H,1-9,20H2,(H2,22,23,26). The van der Waals surface area contributed by atoms with Gasteiger partial charge in [0.05, 0.1) is 12.8 Å². The molecule has 1 heterocycles. The number of anilines is 1. The molecular weight excluding hydrogens is 380 g/mol. The fourth-order valence-corrected chi connectivity index (χ4v) is 5.13. The van der Waals surface area contributed by atoms with Gasteiger partial charge in [-0.05, 0) is 73.0 Å². The van der Waals surface area contributed by atoms with Crippen LogP contribution in [-0.4, -0.2) is 28.7 Å². The van der Waals surface area contributed by atoms with E-state index in [0.717, 1.165) is 37.8 Å². The quantitative estimate of drug-likeness (QED) is 0.526. The number of nitrogens with two attached hydrogens (primary N) is 1. The van der Waals surface area contributed by atoms with Crippen molar-refractivity contribution in [1.29, 1.82) is 0 Å². The van der Waals surface area contributed by atoms with Crippen LogP contribution in [0.5, 0.6) is 0 Å². The van der Waals surface area contributed by atoms with Gasteiger partial charge in [0.15, 0.2) is 0 Å². The molecule has 1 unspecified atom stereocenters. The molecule has 3 aliphatic rings. The van der Waals surface area contributed by atoms with Crippen molar-refractivity contribution in [2.45, 2.75) is 44.9 Å². The van der Waals surface area contributed by atoms with Gasteiger partial charge < -0.3 is 20.3 Å². The third-order valence-electron chi connectivity index (χ3n) is 5.26. The molecule has 0 saturated heterocycles. The van der Waals surface area contributed by atoms with Crippen LogP contribution in [0.15, 0.2) is 22.2 Å². The van der Waals surface area contributed by atoms with E-state index in [1.54, 1.807) is 0 Å². The van der Waals surface area contributed by atoms with Gasteiger partial charge in [0.1, 0.15) is 11.4 Å². The molecule has 0 amide bonds. The maximum Gasteiger partial charge on any atom is 0.270 e. The van der Waals surface area contributed by atoms with Crippen LogP contribution in [0.3, 0.4) is 0 Å². The van der Waals surface area contributed by atoms with Crippen LogP contribution in [0.2, 0.25) is 0 Å². The fourth-order valence-electron chi connectivity index (χ4n) is 4.07. The minimum atomic E-state index is -1.63. The third-order valence-corrected chi connectivity index (χ3v) is 6.69. The highest BCUT2D eigenvalue weighted by molar-refractivity contribution is 7.96. The van der Waals surface area contributed by atoms with E-state index in [4.69, 9.17) is 22.7 Å². The Morgan fingerprint density at radius 1 is 1.19 bits per heavy atom. The van der Waals surface area contributed by atoms with Crippen LogP contribution in [0.4, 0.5) is 5.69 Å². The lowest BCUT2D eigenvalue weighted by Crippen LogP contribution is -2.38. The van der Waals surface area contributed by atoms with E-state index in [2.05, 4.69) is 21.1 Å². The zero-order valence-electron chi connectivity index (χ0n) is 15.2. The van der Waals surface area contributed by atoms with Gasteiger partial charge in [-0.1, -0.05) is 6.07 Å². The largest absolute Gasteiger partial charge is 0.588 e. The predicted octanol–water partition coefficient (Wildman–Crippen LogP) is 2.23. The molecule has 0 radical (unpaired) electrons. The molecule has 8 heteroatoms. The Hall–Kier alpha value is -1.77. The SMILES string of the molecule is NC=C(C1=NCCCO1)[S+]([O-])NC(=S)Nc1c2c(cc3c1CCC3)CCC2. The summed E-state index contributed by atoms with van der Waals surface area (Å²) in [4.78, 5) is 4.58. The highest BCUT2D eigenvalue weighted by atomic mass is 32.2. The number of aliphatic imine (C=N–C) groups is 1. The van der Waals surface area contributed by atoms with Crippen molar-refractivity contribution in [3.05, 3.63) is 39.4 Å². The van der Waals surface area contributed by atoms with Crippen LogP contribution in [0.25, 0.3) is 0 Å². The van der Waals surface area contributed by atoms with Gasteiger partial charge in [-0.25, -0.2) is 4.99 Å². The van der Waals surface area contributed by atoms with Crippen molar-refractivity contribution < 1.29 is 9.29 Å². The number of benzene rings is 1. The second kappa shape index (κ2) is 8.08. The first-order chi connectivity index (χ1) is 13.2. The van der Waals surface area contributed by atoms with Crippen molar-refractivity contribution in [2.75, 3.05) is 18.5 Å². The van der Waals surface area contributed by atoms with E-state index in [-0.39, 0.29) is 0 Å². The third kappa shape index (κ3) is 3.79. The Bertz CT molecular complexity index is 790. The average molecular weight is 405 g/mol. The molecule has 1 aromatic carbocycles. The summed E-state index contributed by atoms with van der Waals surface area (Å²) in [5.41, 5.74) is 12.4. The number of hydrogen-bond acceptors (Lipinski definition) is 5. The summed E-state index contributed by atoms with van der Waals surface area (Å²) in [7, 11) is 0. The van der Waals surface area contributed by atoms with Crippen LogP contribution in [0, 0.1) is 0 Å². The molecular formula is C19H24N4O2S2. The number of rotatable bonds is 4. The van der Waals surface area contributed by atoms with Crippen LogP contribution >= 0.6 is 12.2 Å².